The molecular formula is C14H22ClN3O2. The molecule has 0 aliphatic heterocycles. The Balaban J connectivity index is 0.00000361. The minimum Gasteiger partial charge on any atom is -0.355 e. The summed E-state index contributed by atoms with van der Waals surface area (Å²) in [5.41, 5.74) is 6.43. The molecule has 6 heteroatoms. The Morgan fingerprint density at radius 3 is 2.45 bits per heavy atom. The zero-order valence-corrected chi connectivity index (χ0v) is 12.4. The smallest absolute Gasteiger partial charge is 0.224 e. The molecule has 0 aliphatic rings. The van der Waals surface area contributed by atoms with Gasteiger partial charge < -0.3 is 16.4 Å². The molecule has 4 N–H and O–H groups in total. The van der Waals surface area contributed by atoms with Crippen LogP contribution in [0.25, 0.3) is 0 Å². The molecule has 5 nitrogen and oxygen atoms in total. The molecule has 1 aromatic rings. The predicted molar refractivity (Wildman–Crippen MR) is 81.4 cm³/mol. The van der Waals surface area contributed by atoms with Crippen LogP contribution in [0.15, 0.2) is 30.3 Å². The molecule has 1 rings (SSSR count). The summed E-state index contributed by atoms with van der Waals surface area (Å²) in [6, 6.07) is 9.68. The molecular weight excluding hydrogens is 278 g/mol. The van der Waals surface area contributed by atoms with Crippen LogP contribution in [0.4, 0.5) is 0 Å². The van der Waals surface area contributed by atoms with Crippen molar-refractivity contribution in [1.29, 1.82) is 0 Å². The number of amides is 2. The van der Waals surface area contributed by atoms with Crippen molar-refractivity contribution in [2.45, 2.75) is 19.9 Å². The third kappa shape index (κ3) is 7.11. The molecule has 0 spiro atoms. The van der Waals surface area contributed by atoms with Gasteiger partial charge in [-0.3, -0.25) is 9.59 Å². The third-order valence-electron chi connectivity index (χ3n) is 2.78. The number of hydrogen-bond donors (Lipinski definition) is 3. The van der Waals surface area contributed by atoms with Crippen molar-refractivity contribution in [2.75, 3.05) is 13.1 Å². The summed E-state index contributed by atoms with van der Waals surface area (Å²) < 4.78 is 0. The first kappa shape index (κ1) is 18.4. The minimum atomic E-state index is -0.215. The highest BCUT2D eigenvalue weighted by atomic mass is 35.5. The van der Waals surface area contributed by atoms with Crippen molar-refractivity contribution < 1.29 is 9.59 Å². The van der Waals surface area contributed by atoms with Gasteiger partial charge in [-0.15, -0.1) is 12.4 Å². The molecule has 1 atom stereocenters. The molecule has 0 aliphatic carbocycles. The van der Waals surface area contributed by atoms with E-state index in [0.717, 1.165) is 5.56 Å². The van der Waals surface area contributed by atoms with E-state index in [9.17, 15) is 9.59 Å². The average molecular weight is 300 g/mol. The lowest BCUT2D eigenvalue weighted by molar-refractivity contribution is -0.124. The first-order valence-electron chi connectivity index (χ1n) is 6.42. The second kappa shape index (κ2) is 10.2. The van der Waals surface area contributed by atoms with E-state index < -0.39 is 0 Å². The summed E-state index contributed by atoms with van der Waals surface area (Å²) in [6.45, 7) is 2.91. The van der Waals surface area contributed by atoms with Gasteiger partial charge in [0.2, 0.25) is 11.8 Å². The molecule has 0 fully saturated rings. The second-order valence-corrected chi connectivity index (χ2v) is 4.44. The van der Waals surface area contributed by atoms with Gasteiger partial charge in [-0.1, -0.05) is 37.3 Å². The lowest BCUT2D eigenvalue weighted by Crippen LogP contribution is -2.35. The van der Waals surface area contributed by atoms with Crippen LogP contribution in [0.1, 0.15) is 18.9 Å². The number of carbonyl (C=O) groups is 2. The highest BCUT2D eigenvalue weighted by molar-refractivity contribution is 5.85. The quantitative estimate of drug-likeness (QED) is 0.697. The van der Waals surface area contributed by atoms with Crippen LogP contribution in [-0.2, 0) is 16.1 Å². The zero-order chi connectivity index (χ0) is 14.1. The van der Waals surface area contributed by atoms with Crippen molar-refractivity contribution >= 4 is 24.2 Å². The Morgan fingerprint density at radius 1 is 1.20 bits per heavy atom. The fraction of sp³-hybridized carbons (Fsp3) is 0.429. The maximum Gasteiger partial charge on any atom is 0.224 e. The molecule has 0 heterocycles. The fourth-order valence-corrected chi connectivity index (χ4v) is 1.47. The molecule has 0 saturated carbocycles. The first-order chi connectivity index (χ1) is 9.13. The standard InChI is InChI=1S/C14H21N3O2.ClH/c1-11(9-15)14(19)16-8-7-13(18)17-10-12-5-3-2-4-6-12;/h2-6,11H,7-10,15H2,1H3,(H,16,19)(H,17,18);1H. The molecule has 1 aromatic carbocycles. The number of rotatable bonds is 7. The topological polar surface area (TPSA) is 84.2 Å². The summed E-state index contributed by atoms with van der Waals surface area (Å²) in [5, 5.41) is 5.48. The van der Waals surface area contributed by atoms with E-state index in [1.165, 1.54) is 0 Å². The summed E-state index contributed by atoms with van der Waals surface area (Å²) in [7, 11) is 0. The van der Waals surface area contributed by atoms with E-state index in [-0.39, 0.29) is 36.6 Å². The molecule has 1 unspecified atom stereocenters. The van der Waals surface area contributed by atoms with E-state index in [4.69, 9.17) is 5.73 Å². The van der Waals surface area contributed by atoms with E-state index >= 15 is 0 Å². The van der Waals surface area contributed by atoms with Crippen molar-refractivity contribution in [3.8, 4) is 0 Å². The van der Waals surface area contributed by atoms with Crippen LogP contribution < -0.4 is 16.4 Å². The molecule has 0 bridgehead atoms. The maximum absolute atomic E-state index is 11.6. The monoisotopic (exact) mass is 299 g/mol. The molecule has 0 saturated heterocycles. The van der Waals surface area contributed by atoms with Gasteiger partial charge in [-0.25, -0.2) is 0 Å². The number of nitrogens with two attached hydrogens (primary N) is 1. The van der Waals surface area contributed by atoms with Gasteiger partial charge in [0.25, 0.3) is 0 Å². The van der Waals surface area contributed by atoms with Crippen molar-refractivity contribution in [3.05, 3.63) is 35.9 Å². The van der Waals surface area contributed by atoms with E-state index in [2.05, 4.69) is 10.6 Å². The highest BCUT2D eigenvalue weighted by Gasteiger charge is 2.10. The first-order valence-corrected chi connectivity index (χ1v) is 6.42. The van der Waals surface area contributed by atoms with Crippen molar-refractivity contribution in [3.63, 3.8) is 0 Å². The van der Waals surface area contributed by atoms with Crippen molar-refractivity contribution in [1.82, 2.24) is 10.6 Å². The van der Waals surface area contributed by atoms with Gasteiger partial charge in [0.15, 0.2) is 0 Å². The largest absolute Gasteiger partial charge is 0.355 e. The number of carbonyl (C=O) groups excluding carboxylic acids is 2. The summed E-state index contributed by atoms with van der Waals surface area (Å²) >= 11 is 0. The van der Waals surface area contributed by atoms with Gasteiger partial charge in [0.1, 0.15) is 0 Å². The van der Waals surface area contributed by atoms with Crippen LogP contribution in [0, 0.1) is 5.92 Å². The highest BCUT2D eigenvalue weighted by Crippen LogP contribution is 1.97. The molecule has 2 amide bonds. The molecule has 20 heavy (non-hydrogen) atoms. The Labute approximate surface area is 125 Å². The fourth-order valence-electron chi connectivity index (χ4n) is 1.47. The van der Waals surface area contributed by atoms with Gasteiger partial charge in [0, 0.05) is 32.0 Å². The number of nitrogens with one attached hydrogen (secondary N) is 2. The lowest BCUT2D eigenvalue weighted by Gasteiger charge is -2.10. The van der Waals surface area contributed by atoms with Crippen LogP contribution in [0.2, 0.25) is 0 Å². The van der Waals surface area contributed by atoms with Gasteiger partial charge in [-0.2, -0.15) is 0 Å². The maximum atomic E-state index is 11.6. The van der Waals surface area contributed by atoms with Gasteiger partial charge in [-0.05, 0) is 5.56 Å². The number of halogens is 1. The van der Waals surface area contributed by atoms with Crippen molar-refractivity contribution in [2.24, 2.45) is 11.7 Å². The Kier molecular flexibility index (Phi) is 9.41. The Morgan fingerprint density at radius 2 is 1.85 bits per heavy atom. The SMILES string of the molecule is CC(CN)C(=O)NCCC(=O)NCc1ccccc1.Cl. The summed E-state index contributed by atoms with van der Waals surface area (Å²) in [6.07, 6.45) is 0.274. The zero-order valence-electron chi connectivity index (χ0n) is 11.6. The lowest BCUT2D eigenvalue weighted by atomic mass is 10.1. The summed E-state index contributed by atoms with van der Waals surface area (Å²) in [5.74, 6) is -0.407. The molecule has 112 valence electrons. The van der Waals surface area contributed by atoms with E-state index in [1.54, 1.807) is 6.92 Å². The van der Waals surface area contributed by atoms with Crippen LogP contribution in [-0.4, -0.2) is 24.9 Å². The minimum absolute atomic E-state index is 0. The molecule has 0 aromatic heterocycles. The second-order valence-electron chi connectivity index (χ2n) is 4.44. The number of benzene rings is 1. The Hall–Kier alpha value is -1.59. The normalized spacial score (nSPS) is 11.1. The third-order valence-corrected chi connectivity index (χ3v) is 2.78. The van der Waals surface area contributed by atoms with Crippen LogP contribution in [0.3, 0.4) is 0 Å². The van der Waals surface area contributed by atoms with E-state index in [0.29, 0.717) is 19.6 Å². The molecule has 0 radical (unpaired) electrons. The van der Waals surface area contributed by atoms with Gasteiger partial charge >= 0.3 is 0 Å². The average Bonchev–Trinajstić information content (AvgIpc) is 2.45. The van der Waals surface area contributed by atoms with Crippen LogP contribution >= 0.6 is 12.4 Å². The van der Waals surface area contributed by atoms with Crippen LogP contribution in [0.5, 0.6) is 0 Å². The Bertz CT molecular complexity index is 412. The number of hydrogen-bond acceptors (Lipinski definition) is 3. The summed E-state index contributed by atoms with van der Waals surface area (Å²) in [4.78, 5) is 23.0. The van der Waals surface area contributed by atoms with E-state index in [1.807, 2.05) is 30.3 Å². The predicted octanol–water partition coefficient (Wildman–Crippen LogP) is 0.826. The van der Waals surface area contributed by atoms with Gasteiger partial charge in [0.05, 0.1) is 0 Å².